The molecule has 144 valence electrons. The van der Waals surface area contributed by atoms with E-state index in [2.05, 4.69) is 74.1 Å². The quantitative estimate of drug-likeness (QED) is 0.518. The van der Waals surface area contributed by atoms with Gasteiger partial charge in [-0.05, 0) is 75.2 Å². The van der Waals surface area contributed by atoms with Gasteiger partial charge in [-0.2, -0.15) is 0 Å². The second kappa shape index (κ2) is 6.23. The van der Waals surface area contributed by atoms with E-state index in [1.807, 2.05) is 6.20 Å². The van der Waals surface area contributed by atoms with E-state index >= 15 is 0 Å². The number of rotatable bonds is 1. The van der Waals surface area contributed by atoms with E-state index in [1.165, 1.54) is 70.9 Å². The van der Waals surface area contributed by atoms with Crippen LogP contribution in [0.5, 0.6) is 0 Å². The van der Waals surface area contributed by atoms with Gasteiger partial charge in [-0.25, -0.2) is 0 Å². The number of fused-ring (bicyclic) bond motifs is 2. The molecule has 0 atom stereocenters. The number of hydrogen-bond acceptors (Lipinski definition) is 3. The van der Waals surface area contributed by atoms with Crippen molar-refractivity contribution in [3.8, 4) is 11.3 Å². The second-order valence-corrected chi connectivity index (χ2v) is 8.76. The normalized spacial score (nSPS) is 18.1. The van der Waals surface area contributed by atoms with Crippen LogP contribution in [-0.4, -0.2) is 24.7 Å². The fourth-order valence-corrected chi connectivity index (χ4v) is 5.54. The number of hydrogen-bond donors (Lipinski definition) is 0. The van der Waals surface area contributed by atoms with Crippen LogP contribution in [0.4, 0.5) is 11.4 Å². The molecule has 0 saturated heterocycles. The average Bonchev–Trinajstić information content (AvgIpc) is 2.88. The van der Waals surface area contributed by atoms with E-state index in [1.54, 1.807) is 0 Å². The lowest BCUT2D eigenvalue weighted by molar-refractivity contribution is 0.293. The van der Waals surface area contributed by atoms with Crippen molar-refractivity contribution in [3.05, 3.63) is 53.7 Å². The summed E-state index contributed by atoms with van der Waals surface area (Å²) in [5.41, 5.74) is 7.72. The van der Waals surface area contributed by atoms with Crippen LogP contribution in [0.25, 0.3) is 22.0 Å². The third-order valence-corrected chi connectivity index (χ3v) is 6.98. The summed E-state index contributed by atoms with van der Waals surface area (Å²) in [5.74, 6) is 0. The lowest BCUT2D eigenvalue weighted by atomic mass is 9.87. The van der Waals surface area contributed by atoms with Gasteiger partial charge >= 0.3 is 0 Å². The Balaban J connectivity index is 1.70. The Kier molecular flexibility index (Phi) is 3.90. The van der Waals surface area contributed by atoms with Crippen LogP contribution in [0.15, 0.2) is 42.6 Å². The van der Waals surface area contributed by atoms with Crippen LogP contribution in [0.3, 0.4) is 0 Å². The summed E-state index contributed by atoms with van der Waals surface area (Å²) in [6, 6.07) is 13.6. The molecule has 3 heteroatoms. The molecule has 5 rings (SSSR count). The summed E-state index contributed by atoms with van der Waals surface area (Å²) in [6.07, 6.45) is 8.44. The van der Waals surface area contributed by atoms with Crippen molar-refractivity contribution in [1.82, 2.24) is 4.98 Å². The van der Waals surface area contributed by atoms with Crippen molar-refractivity contribution in [2.75, 3.05) is 23.9 Å². The van der Waals surface area contributed by atoms with Gasteiger partial charge in [0, 0.05) is 31.2 Å². The van der Waals surface area contributed by atoms with Gasteiger partial charge in [0.2, 0.25) is 0 Å². The largest absolute Gasteiger partial charge is 0.350 e. The van der Waals surface area contributed by atoms with Crippen LogP contribution >= 0.6 is 0 Å². The van der Waals surface area contributed by atoms with E-state index in [9.17, 15) is 0 Å². The van der Waals surface area contributed by atoms with Gasteiger partial charge in [0.25, 0.3) is 0 Å². The van der Waals surface area contributed by atoms with E-state index in [-0.39, 0.29) is 5.66 Å². The topological polar surface area (TPSA) is 19.4 Å². The Bertz CT molecular complexity index is 1040. The molecule has 1 aliphatic heterocycles. The molecule has 0 N–H and O–H groups in total. The molecule has 0 radical (unpaired) electrons. The molecule has 2 heterocycles. The number of nitrogens with zero attached hydrogens (tertiary/aromatic N) is 3. The van der Waals surface area contributed by atoms with Crippen molar-refractivity contribution < 1.29 is 0 Å². The zero-order valence-corrected chi connectivity index (χ0v) is 17.4. The summed E-state index contributed by atoms with van der Waals surface area (Å²) in [6.45, 7) is 4.32. The molecule has 1 saturated carbocycles. The van der Waals surface area contributed by atoms with Crippen LogP contribution in [0, 0.1) is 13.8 Å². The zero-order valence-electron chi connectivity index (χ0n) is 17.4. The second-order valence-electron chi connectivity index (χ2n) is 8.76. The molecule has 0 unspecified atom stereocenters. The molecule has 1 spiro atoms. The summed E-state index contributed by atoms with van der Waals surface area (Å²) >= 11 is 0. The Morgan fingerprint density at radius 2 is 1.46 bits per heavy atom. The molecule has 2 aromatic carbocycles. The standard InChI is InChI=1S/C25H29N3/c1-17-12-18(2)14-20(13-17)24-21-16-23-22(15-19(21)8-11-26-24)27(3)25(28(23)4)9-6-5-7-10-25/h8,11-16H,5-7,9-10H2,1-4H3. The van der Waals surface area contributed by atoms with Crippen LogP contribution in [-0.2, 0) is 0 Å². The van der Waals surface area contributed by atoms with Crippen molar-refractivity contribution in [2.45, 2.75) is 51.6 Å². The molecule has 28 heavy (non-hydrogen) atoms. The molecule has 0 amide bonds. The Morgan fingerprint density at radius 1 is 0.821 bits per heavy atom. The van der Waals surface area contributed by atoms with E-state index < -0.39 is 0 Å². The predicted molar refractivity (Wildman–Crippen MR) is 119 cm³/mol. The smallest absolute Gasteiger partial charge is 0.112 e. The number of aryl methyl sites for hydroxylation is 2. The Morgan fingerprint density at radius 3 is 2.14 bits per heavy atom. The summed E-state index contributed by atoms with van der Waals surface area (Å²) < 4.78 is 0. The highest BCUT2D eigenvalue weighted by atomic mass is 15.4. The molecule has 1 aromatic heterocycles. The molecule has 3 aromatic rings. The summed E-state index contributed by atoms with van der Waals surface area (Å²) in [5, 5.41) is 2.52. The third kappa shape index (κ3) is 2.45. The molecule has 3 nitrogen and oxygen atoms in total. The summed E-state index contributed by atoms with van der Waals surface area (Å²) in [7, 11) is 4.57. The first-order valence-electron chi connectivity index (χ1n) is 10.5. The number of benzene rings is 2. The first-order valence-corrected chi connectivity index (χ1v) is 10.5. The summed E-state index contributed by atoms with van der Waals surface area (Å²) in [4.78, 5) is 9.88. The highest BCUT2D eigenvalue weighted by Crippen LogP contribution is 2.51. The zero-order chi connectivity index (χ0) is 19.5. The van der Waals surface area contributed by atoms with E-state index in [0.717, 1.165) is 5.69 Å². The minimum absolute atomic E-state index is 0.144. The number of anilines is 2. The molecule has 0 bridgehead atoms. The van der Waals surface area contributed by atoms with Crippen LogP contribution in [0.2, 0.25) is 0 Å². The lowest BCUT2D eigenvalue weighted by Gasteiger charge is -2.45. The maximum absolute atomic E-state index is 4.80. The number of aromatic nitrogens is 1. The van der Waals surface area contributed by atoms with Crippen molar-refractivity contribution in [2.24, 2.45) is 0 Å². The van der Waals surface area contributed by atoms with Crippen molar-refractivity contribution >= 4 is 22.1 Å². The number of pyridine rings is 1. The SMILES string of the molecule is Cc1cc(C)cc(-c2nccc3cc4c(cc23)N(C)C2(CCCCC2)N4C)c1. The fourth-order valence-electron chi connectivity index (χ4n) is 5.54. The molecular formula is C25H29N3. The van der Waals surface area contributed by atoms with Gasteiger partial charge < -0.3 is 9.80 Å². The van der Waals surface area contributed by atoms with E-state index in [0.29, 0.717) is 0 Å². The highest BCUT2D eigenvalue weighted by Gasteiger charge is 2.46. The average molecular weight is 372 g/mol. The highest BCUT2D eigenvalue weighted by molar-refractivity contribution is 6.01. The maximum atomic E-state index is 4.80. The Hall–Kier alpha value is -2.55. The van der Waals surface area contributed by atoms with Gasteiger partial charge in [0.15, 0.2) is 0 Å². The van der Waals surface area contributed by atoms with Gasteiger partial charge in [0.1, 0.15) is 5.66 Å². The van der Waals surface area contributed by atoms with Crippen molar-refractivity contribution in [3.63, 3.8) is 0 Å². The van der Waals surface area contributed by atoms with Gasteiger partial charge in [-0.15, -0.1) is 0 Å². The first kappa shape index (κ1) is 17.5. The van der Waals surface area contributed by atoms with Crippen LogP contribution < -0.4 is 9.80 Å². The molecular weight excluding hydrogens is 342 g/mol. The Labute approximate surface area is 168 Å². The molecule has 2 aliphatic rings. The minimum atomic E-state index is 0.144. The monoisotopic (exact) mass is 371 g/mol. The predicted octanol–water partition coefficient (Wildman–Crippen LogP) is 6.07. The van der Waals surface area contributed by atoms with E-state index in [4.69, 9.17) is 4.98 Å². The fraction of sp³-hybridized carbons (Fsp3) is 0.400. The lowest BCUT2D eigenvalue weighted by Crippen LogP contribution is -2.55. The minimum Gasteiger partial charge on any atom is -0.350 e. The molecule has 1 fully saturated rings. The van der Waals surface area contributed by atoms with Crippen molar-refractivity contribution in [1.29, 1.82) is 0 Å². The van der Waals surface area contributed by atoms with Gasteiger partial charge in [-0.3, -0.25) is 4.98 Å². The maximum Gasteiger partial charge on any atom is 0.112 e. The van der Waals surface area contributed by atoms with Gasteiger partial charge in [-0.1, -0.05) is 23.6 Å². The molecule has 1 aliphatic carbocycles. The van der Waals surface area contributed by atoms with Gasteiger partial charge in [0.05, 0.1) is 17.1 Å². The third-order valence-electron chi connectivity index (χ3n) is 6.98. The first-order chi connectivity index (χ1) is 13.5. The van der Waals surface area contributed by atoms with Crippen LogP contribution in [0.1, 0.15) is 43.2 Å².